The van der Waals surface area contributed by atoms with Crippen LogP contribution in [0.15, 0.2) is 12.1 Å². The Balaban J connectivity index is 2.62. The smallest absolute Gasteiger partial charge is 0.341 e. The topological polar surface area (TPSA) is 81.4 Å². The standard InChI is InChI=1S/C14H18F2N2O3/c1-3-8(4-2)18-13(19)7-21-14(20)9-5-11(16)12(17)6-10(9)15/h5-6,8H,3-4,7,17H2,1-2H3,(H,18,19). The SMILES string of the molecule is CCC(CC)NC(=O)COC(=O)c1cc(F)c(N)cc1F. The third-order valence-electron chi connectivity index (χ3n) is 2.99. The molecular formula is C14H18F2N2O3. The second kappa shape index (κ2) is 7.56. The number of nitrogen functional groups attached to an aromatic ring is 1. The minimum atomic E-state index is -1.12. The molecule has 0 fully saturated rings. The molecule has 3 N–H and O–H groups in total. The fourth-order valence-corrected chi connectivity index (χ4v) is 1.69. The number of rotatable bonds is 6. The van der Waals surface area contributed by atoms with Crippen LogP contribution in [-0.4, -0.2) is 24.5 Å². The van der Waals surface area contributed by atoms with E-state index < -0.39 is 41.4 Å². The number of benzene rings is 1. The molecule has 0 radical (unpaired) electrons. The normalized spacial score (nSPS) is 10.5. The highest BCUT2D eigenvalue weighted by molar-refractivity contribution is 5.92. The molecule has 0 bridgehead atoms. The van der Waals surface area contributed by atoms with Gasteiger partial charge in [-0.25, -0.2) is 13.6 Å². The lowest BCUT2D eigenvalue weighted by Crippen LogP contribution is -2.36. The van der Waals surface area contributed by atoms with Crippen LogP contribution in [0, 0.1) is 11.6 Å². The maximum absolute atomic E-state index is 13.5. The first-order valence-corrected chi connectivity index (χ1v) is 6.60. The highest BCUT2D eigenvalue weighted by Crippen LogP contribution is 2.17. The zero-order chi connectivity index (χ0) is 16.0. The van der Waals surface area contributed by atoms with Crippen LogP contribution in [0.4, 0.5) is 14.5 Å². The Morgan fingerprint density at radius 1 is 1.24 bits per heavy atom. The van der Waals surface area contributed by atoms with E-state index in [9.17, 15) is 18.4 Å². The average molecular weight is 300 g/mol. The van der Waals surface area contributed by atoms with Crippen LogP contribution in [0.25, 0.3) is 0 Å². The highest BCUT2D eigenvalue weighted by Gasteiger charge is 2.18. The van der Waals surface area contributed by atoms with Crippen LogP contribution >= 0.6 is 0 Å². The number of carbonyl (C=O) groups excluding carboxylic acids is 2. The van der Waals surface area contributed by atoms with Crippen molar-refractivity contribution in [3.8, 4) is 0 Å². The first-order chi connectivity index (χ1) is 9.88. The summed E-state index contributed by atoms with van der Waals surface area (Å²) in [6.07, 6.45) is 1.49. The van der Waals surface area contributed by atoms with Crippen LogP contribution in [0.1, 0.15) is 37.0 Å². The maximum atomic E-state index is 13.5. The first-order valence-electron chi connectivity index (χ1n) is 6.60. The number of esters is 1. The van der Waals surface area contributed by atoms with Crippen molar-refractivity contribution in [2.24, 2.45) is 0 Å². The van der Waals surface area contributed by atoms with Crippen molar-refractivity contribution in [1.82, 2.24) is 5.32 Å². The van der Waals surface area contributed by atoms with Crippen LogP contribution in [0.3, 0.4) is 0 Å². The number of anilines is 1. The van der Waals surface area contributed by atoms with E-state index in [0.717, 1.165) is 12.8 Å². The molecule has 1 rings (SSSR count). The lowest BCUT2D eigenvalue weighted by Gasteiger charge is -2.14. The van der Waals surface area contributed by atoms with Crippen molar-refractivity contribution in [3.63, 3.8) is 0 Å². The van der Waals surface area contributed by atoms with Crippen LogP contribution < -0.4 is 11.1 Å². The Morgan fingerprint density at radius 3 is 2.43 bits per heavy atom. The van der Waals surface area contributed by atoms with Gasteiger partial charge in [-0.05, 0) is 18.9 Å². The lowest BCUT2D eigenvalue weighted by atomic mass is 10.2. The van der Waals surface area contributed by atoms with E-state index >= 15 is 0 Å². The summed E-state index contributed by atoms with van der Waals surface area (Å²) in [7, 11) is 0. The molecule has 0 saturated carbocycles. The zero-order valence-electron chi connectivity index (χ0n) is 11.9. The molecule has 0 aromatic heterocycles. The second-order valence-corrected chi connectivity index (χ2v) is 4.51. The lowest BCUT2D eigenvalue weighted by molar-refractivity contribution is -0.125. The molecule has 0 unspecified atom stereocenters. The largest absolute Gasteiger partial charge is 0.452 e. The number of carbonyl (C=O) groups is 2. The Morgan fingerprint density at radius 2 is 1.86 bits per heavy atom. The zero-order valence-corrected chi connectivity index (χ0v) is 11.9. The summed E-state index contributed by atoms with van der Waals surface area (Å²) in [5.41, 5.74) is 4.16. The number of hydrogen-bond donors (Lipinski definition) is 2. The summed E-state index contributed by atoms with van der Waals surface area (Å²) in [6, 6.07) is 1.32. The molecular weight excluding hydrogens is 282 g/mol. The Kier molecular flexibility index (Phi) is 6.08. The maximum Gasteiger partial charge on any atom is 0.341 e. The van der Waals surface area contributed by atoms with Gasteiger partial charge in [0.05, 0.1) is 11.3 Å². The van der Waals surface area contributed by atoms with Crippen molar-refractivity contribution in [2.75, 3.05) is 12.3 Å². The van der Waals surface area contributed by atoms with E-state index in [1.54, 1.807) is 0 Å². The van der Waals surface area contributed by atoms with Crippen LogP contribution in [-0.2, 0) is 9.53 Å². The average Bonchev–Trinajstić information content (AvgIpc) is 2.46. The molecule has 0 spiro atoms. The molecule has 0 aliphatic rings. The summed E-state index contributed by atoms with van der Waals surface area (Å²) >= 11 is 0. The fraction of sp³-hybridized carbons (Fsp3) is 0.429. The minimum absolute atomic E-state index is 0.0121. The van der Waals surface area contributed by atoms with E-state index in [1.807, 2.05) is 13.8 Å². The van der Waals surface area contributed by atoms with Gasteiger partial charge in [0, 0.05) is 12.1 Å². The van der Waals surface area contributed by atoms with Gasteiger partial charge in [0.1, 0.15) is 11.6 Å². The van der Waals surface area contributed by atoms with Gasteiger partial charge in [-0.15, -0.1) is 0 Å². The molecule has 5 nitrogen and oxygen atoms in total. The van der Waals surface area contributed by atoms with E-state index in [4.69, 9.17) is 5.73 Å². The fourth-order valence-electron chi connectivity index (χ4n) is 1.69. The quantitative estimate of drug-likeness (QED) is 0.622. The molecule has 7 heteroatoms. The first kappa shape index (κ1) is 16.9. The monoisotopic (exact) mass is 300 g/mol. The predicted molar refractivity (Wildman–Crippen MR) is 73.6 cm³/mol. The summed E-state index contributed by atoms with van der Waals surface area (Å²) in [4.78, 5) is 23.1. The number of ether oxygens (including phenoxy) is 1. The van der Waals surface area contributed by atoms with Crippen LogP contribution in [0.2, 0.25) is 0 Å². The number of halogens is 2. The molecule has 1 aromatic rings. The van der Waals surface area contributed by atoms with E-state index in [0.29, 0.717) is 12.1 Å². The summed E-state index contributed by atoms with van der Waals surface area (Å²) in [6.45, 7) is 3.26. The van der Waals surface area contributed by atoms with Crippen LogP contribution in [0.5, 0.6) is 0 Å². The number of hydrogen-bond acceptors (Lipinski definition) is 4. The molecule has 0 aliphatic carbocycles. The molecule has 116 valence electrons. The van der Waals surface area contributed by atoms with Gasteiger partial charge < -0.3 is 15.8 Å². The third-order valence-corrected chi connectivity index (χ3v) is 2.99. The summed E-state index contributed by atoms with van der Waals surface area (Å²) in [5.74, 6) is -3.54. The van der Waals surface area contributed by atoms with Gasteiger partial charge in [-0.1, -0.05) is 13.8 Å². The molecule has 1 amide bonds. The van der Waals surface area contributed by atoms with Gasteiger partial charge in [-0.2, -0.15) is 0 Å². The molecule has 21 heavy (non-hydrogen) atoms. The Bertz CT molecular complexity index is 531. The highest BCUT2D eigenvalue weighted by atomic mass is 19.1. The van der Waals surface area contributed by atoms with Gasteiger partial charge in [0.25, 0.3) is 5.91 Å². The predicted octanol–water partition coefficient (Wildman–Crippen LogP) is 2.01. The molecule has 0 saturated heterocycles. The summed E-state index contributed by atoms with van der Waals surface area (Å²) in [5, 5.41) is 2.65. The molecule has 0 atom stereocenters. The number of nitrogens with two attached hydrogens (primary N) is 1. The molecule has 0 aliphatic heterocycles. The van der Waals surface area contributed by atoms with Crippen molar-refractivity contribution in [2.45, 2.75) is 32.7 Å². The third kappa shape index (κ3) is 4.70. The van der Waals surface area contributed by atoms with Crippen molar-refractivity contribution >= 4 is 17.6 Å². The van der Waals surface area contributed by atoms with Crippen molar-refractivity contribution < 1.29 is 23.1 Å². The second-order valence-electron chi connectivity index (χ2n) is 4.51. The summed E-state index contributed by atoms with van der Waals surface area (Å²) < 4.78 is 31.3. The Hall–Kier alpha value is -2.18. The van der Waals surface area contributed by atoms with E-state index in [1.165, 1.54) is 0 Å². The van der Waals surface area contributed by atoms with Gasteiger partial charge >= 0.3 is 5.97 Å². The molecule has 0 heterocycles. The van der Waals surface area contributed by atoms with Crippen molar-refractivity contribution in [1.29, 1.82) is 0 Å². The number of nitrogens with one attached hydrogen (secondary N) is 1. The number of amides is 1. The molecule has 1 aromatic carbocycles. The Labute approximate surface area is 121 Å². The van der Waals surface area contributed by atoms with E-state index in [-0.39, 0.29) is 6.04 Å². The van der Waals surface area contributed by atoms with Crippen molar-refractivity contribution in [3.05, 3.63) is 29.3 Å². The van der Waals surface area contributed by atoms with Gasteiger partial charge in [0.15, 0.2) is 6.61 Å². The van der Waals surface area contributed by atoms with Gasteiger partial charge in [0.2, 0.25) is 0 Å². The minimum Gasteiger partial charge on any atom is -0.452 e. The van der Waals surface area contributed by atoms with E-state index in [2.05, 4.69) is 10.1 Å². The van der Waals surface area contributed by atoms with Gasteiger partial charge in [-0.3, -0.25) is 4.79 Å².